The van der Waals surface area contributed by atoms with Crippen LogP contribution in [0.1, 0.15) is 52.5 Å². The average Bonchev–Trinajstić information content (AvgIpc) is 2.86. The number of nitriles is 1. The molecule has 0 amide bonds. The van der Waals surface area contributed by atoms with Crippen molar-refractivity contribution >= 4 is 17.6 Å². The Hall–Kier alpha value is -3.75. The minimum absolute atomic E-state index is 0.0193. The van der Waals surface area contributed by atoms with Crippen molar-refractivity contribution in [3.8, 4) is 6.07 Å². The highest BCUT2D eigenvalue weighted by molar-refractivity contribution is 6.00. The van der Waals surface area contributed by atoms with Gasteiger partial charge in [0.2, 0.25) is 0 Å². The molecule has 0 bridgehead atoms. The predicted octanol–water partition coefficient (Wildman–Crippen LogP) is 3.86. The zero-order valence-corrected chi connectivity index (χ0v) is 21.7. The number of hydrogen-bond donors (Lipinski definition) is 1. The topological polar surface area (TPSA) is 150 Å². The zero-order chi connectivity index (χ0) is 27.5. The normalized spacial score (nSPS) is 15.5. The van der Waals surface area contributed by atoms with Crippen molar-refractivity contribution in [2.24, 2.45) is 5.92 Å². The number of carbonyl (C=O) groups is 2. The molecule has 1 atom stereocenters. The van der Waals surface area contributed by atoms with E-state index in [9.17, 15) is 19.7 Å². The van der Waals surface area contributed by atoms with Crippen LogP contribution in [0.4, 0.5) is 5.69 Å². The number of rotatable bonds is 13. The van der Waals surface area contributed by atoms with E-state index >= 15 is 0 Å². The summed E-state index contributed by atoms with van der Waals surface area (Å²) in [5, 5.41) is 23.5. The van der Waals surface area contributed by atoms with Crippen LogP contribution in [0.15, 0.2) is 46.8 Å². The number of nitro groups is 1. The molecular weight excluding hydrogens is 482 g/mol. The Morgan fingerprint density at radius 3 is 2.35 bits per heavy atom. The molecule has 1 aromatic rings. The molecule has 0 saturated heterocycles. The third kappa shape index (κ3) is 7.62. The summed E-state index contributed by atoms with van der Waals surface area (Å²) in [4.78, 5) is 37.8. The van der Waals surface area contributed by atoms with Crippen LogP contribution in [0.5, 0.6) is 0 Å². The Bertz CT molecular complexity index is 1100. The number of esters is 2. The molecule has 1 aromatic carbocycles. The van der Waals surface area contributed by atoms with Crippen molar-refractivity contribution in [3.63, 3.8) is 0 Å². The maximum absolute atomic E-state index is 13.6. The van der Waals surface area contributed by atoms with E-state index in [1.165, 1.54) is 18.2 Å². The Balaban J connectivity index is 2.80. The van der Waals surface area contributed by atoms with Crippen molar-refractivity contribution in [1.82, 2.24) is 5.32 Å². The largest absolute Gasteiger partial charge is 0.462 e. The lowest BCUT2D eigenvalue weighted by Gasteiger charge is -2.34. The Labute approximate surface area is 216 Å². The molecule has 2 rings (SSSR count). The summed E-state index contributed by atoms with van der Waals surface area (Å²) in [5.74, 6) is -2.56. The van der Waals surface area contributed by atoms with Gasteiger partial charge in [0.05, 0.1) is 46.8 Å². The van der Waals surface area contributed by atoms with Gasteiger partial charge in [0.15, 0.2) is 6.29 Å². The summed E-state index contributed by atoms with van der Waals surface area (Å²) in [5.41, 5.74) is 0.756. The molecule has 1 aliphatic heterocycles. The fraction of sp³-hybridized carbons (Fsp3) is 0.500. The van der Waals surface area contributed by atoms with Crippen LogP contribution in [-0.2, 0) is 28.5 Å². The fourth-order valence-corrected chi connectivity index (χ4v) is 3.79. The molecule has 0 radical (unpaired) electrons. The lowest BCUT2D eigenvalue weighted by atomic mass is 9.80. The van der Waals surface area contributed by atoms with E-state index in [0.29, 0.717) is 11.3 Å². The molecule has 11 nitrogen and oxygen atoms in total. The van der Waals surface area contributed by atoms with E-state index in [1.54, 1.807) is 26.8 Å². The van der Waals surface area contributed by atoms with E-state index in [1.807, 2.05) is 19.9 Å². The number of nitrogens with zero attached hydrogens (tertiary/aromatic N) is 2. The van der Waals surface area contributed by atoms with E-state index < -0.39 is 29.1 Å². The van der Waals surface area contributed by atoms with Gasteiger partial charge >= 0.3 is 11.9 Å². The zero-order valence-electron chi connectivity index (χ0n) is 21.7. The molecule has 37 heavy (non-hydrogen) atoms. The summed E-state index contributed by atoms with van der Waals surface area (Å²) in [7, 11) is 0. The molecule has 0 aliphatic carbocycles. The number of nitrogens with one attached hydrogen (secondary N) is 1. The van der Waals surface area contributed by atoms with Gasteiger partial charge in [-0.05, 0) is 32.3 Å². The lowest BCUT2D eigenvalue weighted by Crippen LogP contribution is -2.39. The number of benzene rings is 1. The quantitative estimate of drug-likeness (QED) is 0.135. The van der Waals surface area contributed by atoms with E-state index in [-0.39, 0.29) is 61.3 Å². The first-order valence-corrected chi connectivity index (χ1v) is 12.1. The number of allylic oxidation sites excluding steroid dienone is 1. The van der Waals surface area contributed by atoms with Gasteiger partial charge in [-0.2, -0.15) is 5.26 Å². The third-order valence-electron chi connectivity index (χ3n) is 5.31. The first kappa shape index (κ1) is 29.5. The highest BCUT2D eigenvalue weighted by Crippen LogP contribution is 2.41. The number of hydrogen-bond acceptors (Lipinski definition) is 10. The Morgan fingerprint density at radius 1 is 1.14 bits per heavy atom. The first-order valence-electron chi connectivity index (χ1n) is 12.1. The smallest absolute Gasteiger partial charge is 0.336 e. The number of dihydropyridines is 1. The minimum atomic E-state index is -1.09. The first-order chi connectivity index (χ1) is 17.7. The summed E-state index contributed by atoms with van der Waals surface area (Å²) in [6, 6.07) is 7.58. The molecule has 1 N–H and O–H groups in total. The summed E-state index contributed by atoms with van der Waals surface area (Å²) < 4.78 is 22.4. The number of ether oxygens (including phenoxy) is 4. The highest BCUT2D eigenvalue weighted by Gasteiger charge is 2.42. The molecule has 0 saturated carbocycles. The van der Waals surface area contributed by atoms with Crippen LogP contribution in [0.2, 0.25) is 0 Å². The molecule has 1 heterocycles. The van der Waals surface area contributed by atoms with Crippen molar-refractivity contribution in [3.05, 3.63) is 62.5 Å². The summed E-state index contributed by atoms with van der Waals surface area (Å²) in [6.45, 7) is 9.39. The lowest BCUT2D eigenvalue weighted by molar-refractivity contribution is -0.384. The molecule has 0 fully saturated rings. The fourth-order valence-electron chi connectivity index (χ4n) is 3.79. The van der Waals surface area contributed by atoms with Crippen LogP contribution in [0.25, 0.3) is 0 Å². The van der Waals surface area contributed by atoms with Gasteiger partial charge in [0.1, 0.15) is 6.61 Å². The number of non-ortho nitro benzene ring substituents is 1. The molecule has 200 valence electrons. The van der Waals surface area contributed by atoms with Gasteiger partial charge in [-0.3, -0.25) is 10.1 Å². The number of nitro benzene ring substituents is 1. The monoisotopic (exact) mass is 515 g/mol. The molecule has 1 unspecified atom stereocenters. The molecule has 0 spiro atoms. The van der Waals surface area contributed by atoms with Crippen molar-refractivity contribution in [2.75, 3.05) is 26.4 Å². The Morgan fingerprint density at radius 2 is 1.78 bits per heavy atom. The summed E-state index contributed by atoms with van der Waals surface area (Å²) >= 11 is 0. The molecule has 1 aliphatic rings. The molecular formula is C26H33N3O8. The molecule has 0 aromatic heterocycles. The van der Waals surface area contributed by atoms with Gasteiger partial charge in [-0.15, -0.1) is 0 Å². The van der Waals surface area contributed by atoms with Crippen LogP contribution in [-0.4, -0.2) is 49.6 Å². The van der Waals surface area contributed by atoms with E-state index in [2.05, 4.69) is 5.32 Å². The maximum Gasteiger partial charge on any atom is 0.336 e. The Kier molecular flexibility index (Phi) is 11.2. The van der Waals surface area contributed by atoms with Crippen molar-refractivity contribution in [2.45, 2.75) is 53.2 Å². The second kappa shape index (κ2) is 14.1. The highest BCUT2D eigenvalue weighted by atomic mass is 16.7. The third-order valence-corrected chi connectivity index (χ3v) is 5.31. The molecule has 11 heteroatoms. The van der Waals surface area contributed by atoms with Gasteiger partial charge in [-0.1, -0.05) is 26.0 Å². The minimum Gasteiger partial charge on any atom is -0.462 e. The van der Waals surface area contributed by atoms with Gasteiger partial charge in [-0.25, -0.2) is 9.59 Å². The standard InChI is InChI=1S/C26H33N3O8/c1-6-34-26(35-7-2)23-22(25(31)37-15-16(3)4)21(18-10-8-11-19(14-18)29(32)33)20(17(5)28-23)24(30)36-13-9-12-27/h8,10-11,14,16,21,26,28H,6-7,9,13,15H2,1-5H3. The maximum atomic E-state index is 13.6. The van der Waals surface area contributed by atoms with Gasteiger partial charge in [0, 0.05) is 31.0 Å². The average molecular weight is 516 g/mol. The van der Waals surface area contributed by atoms with Gasteiger partial charge < -0.3 is 24.3 Å². The van der Waals surface area contributed by atoms with Crippen molar-refractivity contribution in [1.29, 1.82) is 5.26 Å². The second-order valence-corrected chi connectivity index (χ2v) is 8.56. The SMILES string of the molecule is CCOC(OCC)C1=C(C(=O)OCC(C)C)C(c2cccc([N+](=O)[O-])c2)C(C(=O)OCCC#N)=C(C)N1. The van der Waals surface area contributed by atoms with Gasteiger partial charge in [0.25, 0.3) is 5.69 Å². The van der Waals surface area contributed by atoms with Crippen LogP contribution in [0, 0.1) is 27.4 Å². The van der Waals surface area contributed by atoms with Crippen LogP contribution in [0.3, 0.4) is 0 Å². The van der Waals surface area contributed by atoms with Crippen molar-refractivity contribution < 1.29 is 33.5 Å². The van der Waals surface area contributed by atoms with Crippen LogP contribution >= 0.6 is 0 Å². The summed E-state index contributed by atoms with van der Waals surface area (Å²) in [6.07, 6.45) is -1.02. The number of carbonyl (C=O) groups excluding carboxylic acids is 2. The van der Waals surface area contributed by atoms with E-state index in [0.717, 1.165) is 0 Å². The predicted molar refractivity (Wildman–Crippen MR) is 133 cm³/mol. The van der Waals surface area contributed by atoms with E-state index in [4.69, 9.17) is 24.2 Å². The van der Waals surface area contributed by atoms with Crippen LogP contribution < -0.4 is 5.32 Å². The second-order valence-electron chi connectivity index (χ2n) is 8.56.